The van der Waals surface area contributed by atoms with Crippen LogP contribution in [0.25, 0.3) is 11.4 Å². The first kappa shape index (κ1) is 18.6. The minimum Gasteiger partial charge on any atom is -0.391 e. The topological polar surface area (TPSA) is 67.9 Å². The monoisotopic (exact) mass is 391 g/mol. The Morgan fingerprint density at radius 1 is 1.17 bits per heavy atom. The Labute approximate surface area is 171 Å². The number of aryl methyl sites for hydroxylation is 2. The van der Waals surface area contributed by atoms with Crippen LogP contribution >= 0.6 is 0 Å². The summed E-state index contributed by atoms with van der Waals surface area (Å²) in [4.78, 5) is 4.55. The third-order valence-corrected chi connectivity index (χ3v) is 6.56. The molecule has 0 saturated heterocycles. The number of benzene rings is 1. The Balaban J connectivity index is 1.23. The van der Waals surface area contributed by atoms with Gasteiger partial charge in [0.2, 0.25) is 0 Å². The first-order valence-corrected chi connectivity index (χ1v) is 10.7. The van der Waals surface area contributed by atoms with Crippen LogP contribution in [0.2, 0.25) is 0 Å². The van der Waals surface area contributed by atoms with Crippen LogP contribution in [-0.2, 0) is 33.0 Å². The minimum absolute atomic E-state index is 0.135. The molecular formula is C23H29N5O. The highest BCUT2D eigenvalue weighted by molar-refractivity contribution is 5.55. The highest BCUT2D eigenvalue weighted by Crippen LogP contribution is 2.30. The molecule has 0 aliphatic heterocycles. The summed E-state index contributed by atoms with van der Waals surface area (Å²) in [6, 6.07) is 10.4. The van der Waals surface area contributed by atoms with Crippen molar-refractivity contribution in [1.82, 2.24) is 24.6 Å². The van der Waals surface area contributed by atoms with Gasteiger partial charge in [-0.3, -0.25) is 4.68 Å². The molecule has 1 unspecified atom stereocenters. The lowest BCUT2D eigenvalue weighted by atomic mass is 10.1. The number of rotatable bonds is 6. The van der Waals surface area contributed by atoms with Crippen LogP contribution in [-0.4, -0.2) is 36.6 Å². The number of imidazole rings is 1. The number of hydrogen-bond donors (Lipinski definition) is 2. The molecule has 2 heterocycles. The van der Waals surface area contributed by atoms with Gasteiger partial charge in [-0.1, -0.05) is 30.3 Å². The second-order valence-electron chi connectivity index (χ2n) is 8.51. The summed E-state index contributed by atoms with van der Waals surface area (Å²) in [5.41, 5.74) is 5.11. The van der Waals surface area contributed by atoms with E-state index in [0.29, 0.717) is 5.92 Å². The molecule has 0 spiro atoms. The van der Waals surface area contributed by atoms with E-state index in [1.54, 1.807) is 0 Å². The second kappa shape index (κ2) is 7.76. The van der Waals surface area contributed by atoms with Gasteiger partial charge in [0.15, 0.2) is 0 Å². The Kier molecular flexibility index (Phi) is 4.97. The standard InChI is InChI=1S/C23H29N5O/c1-27-21(18-8-5-9-19(18)26-27)14-25-20-12-16(13-22(20)29)15-28-11-10-24-23(28)17-6-3-2-4-7-17/h2-4,6-7,10-11,16,20,22,25,29H,5,8-9,12-15H2,1H3/t16?,20-,22-/m1/s1. The zero-order valence-electron chi connectivity index (χ0n) is 17.0. The Hall–Kier alpha value is -2.44. The zero-order valence-corrected chi connectivity index (χ0v) is 17.0. The van der Waals surface area contributed by atoms with Gasteiger partial charge in [-0.15, -0.1) is 0 Å². The van der Waals surface area contributed by atoms with Gasteiger partial charge in [-0.05, 0) is 43.6 Å². The van der Waals surface area contributed by atoms with Gasteiger partial charge in [0, 0.05) is 44.1 Å². The molecule has 1 aromatic carbocycles. The Morgan fingerprint density at radius 2 is 2.03 bits per heavy atom. The maximum absolute atomic E-state index is 10.7. The van der Waals surface area contributed by atoms with Crippen molar-refractivity contribution in [2.45, 2.75) is 57.3 Å². The fourth-order valence-corrected chi connectivity index (χ4v) is 5.10. The molecule has 5 rings (SSSR count). The van der Waals surface area contributed by atoms with Crippen molar-refractivity contribution in [2.75, 3.05) is 0 Å². The molecule has 0 amide bonds. The van der Waals surface area contributed by atoms with Gasteiger partial charge in [-0.2, -0.15) is 5.10 Å². The molecule has 2 aliphatic rings. The molecule has 2 aromatic heterocycles. The first-order valence-electron chi connectivity index (χ1n) is 10.7. The van der Waals surface area contributed by atoms with E-state index in [4.69, 9.17) is 0 Å². The van der Waals surface area contributed by atoms with Crippen LogP contribution in [0.1, 0.15) is 36.2 Å². The zero-order chi connectivity index (χ0) is 19.8. The van der Waals surface area contributed by atoms with E-state index in [2.05, 4.69) is 38.3 Å². The Morgan fingerprint density at radius 3 is 2.90 bits per heavy atom. The molecule has 152 valence electrons. The summed E-state index contributed by atoms with van der Waals surface area (Å²) in [6.07, 6.45) is 8.88. The van der Waals surface area contributed by atoms with Crippen molar-refractivity contribution in [1.29, 1.82) is 0 Å². The molecule has 2 N–H and O–H groups in total. The minimum atomic E-state index is -0.301. The van der Waals surface area contributed by atoms with Crippen LogP contribution in [0.15, 0.2) is 42.7 Å². The number of aliphatic hydroxyl groups is 1. The van der Waals surface area contributed by atoms with Crippen molar-refractivity contribution in [3.63, 3.8) is 0 Å². The molecule has 6 nitrogen and oxygen atoms in total. The number of hydrogen-bond acceptors (Lipinski definition) is 4. The van der Waals surface area contributed by atoms with Crippen LogP contribution < -0.4 is 5.32 Å². The highest BCUT2D eigenvalue weighted by atomic mass is 16.3. The van der Waals surface area contributed by atoms with Gasteiger partial charge < -0.3 is 15.0 Å². The number of nitrogens with one attached hydrogen (secondary N) is 1. The third kappa shape index (κ3) is 3.63. The van der Waals surface area contributed by atoms with Crippen LogP contribution in [0, 0.1) is 5.92 Å². The molecule has 1 fully saturated rings. The molecule has 3 aromatic rings. The van der Waals surface area contributed by atoms with Crippen molar-refractivity contribution in [3.05, 3.63) is 59.7 Å². The predicted molar refractivity (Wildman–Crippen MR) is 112 cm³/mol. The lowest BCUT2D eigenvalue weighted by molar-refractivity contribution is 0.145. The molecule has 6 heteroatoms. The van der Waals surface area contributed by atoms with Crippen molar-refractivity contribution in [2.24, 2.45) is 13.0 Å². The van der Waals surface area contributed by atoms with Gasteiger partial charge in [0.25, 0.3) is 0 Å². The maximum Gasteiger partial charge on any atom is 0.139 e. The number of fused-ring (bicyclic) bond motifs is 1. The van der Waals surface area contributed by atoms with Crippen molar-refractivity contribution in [3.8, 4) is 11.4 Å². The van der Waals surface area contributed by atoms with E-state index in [-0.39, 0.29) is 12.1 Å². The van der Waals surface area contributed by atoms with E-state index in [9.17, 15) is 5.11 Å². The Bertz CT molecular complexity index is 977. The summed E-state index contributed by atoms with van der Waals surface area (Å²) in [6.45, 7) is 1.67. The van der Waals surface area contributed by atoms with Gasteiger partial charge in [0.05, 0.1) is 17.5 Å². The van der Waals surface area contributed by atoms with Gasteiger partial charge in [0.1, 0.15) is 5.82 Å². The summed E-state index contributed by atoms with van der Waals surface area (Å²) in [5, 5.41) is 18.9. The van der Waals surface area contributed by atoms with Crippen LogP contribution in [0.4, 0.5) is 0 Å². The molecule has 29 heavy (non-hydrogen) atoms. The molecular weight excluding hydrogens is 362 g/mol. The van der Waals surface area contributed by atoms with E-state index in [1.807, 2.05) is 36.1 Å². The maximum atomic E-state index is 10.7. The van der Waals surface area contributed by atoms with E-state index in [1.165, 1.54) is 23.4 Å². The number of aliphatic hydroxyl groups excluding tert-OH is 1. The SMILES string of the molecule is Cn1nc2c(c1CN[C@@H]1CC(Cn3ccnc3-c3ccccc3)C[C@H]1O)CCC2. The van der Waals surface area contributed by atoms with Crippen LogP contribution in [0.5, 0.6) is 0 Å². The molecule has 1 saturated carbocycles. The number of nitrogens with zero attached hydrogens (tertiary/aromatic N) is 4. The van der Waals surface area contributed by atoms with Crippen molar-refractivity contribution < 1.29 is 5.11 Å². The lowest BCUT2D eigenvalue weighted by Crippen LogP contribution is -2.35. The predicted octanol–water partition coefficient (Wildman–Crippen LogP) is 2.70. The summed E-state index contributed by atoms with van der Waals surface area (Å²) < 4.78 is 4.25. The molecule has 0 bridgehead atoms. The fourth-order valence-electron chi connectivity index (χ4n) is 5.10. The normalized spacial score (nSPS) is 23.6. The average Bonchev–Trinajstić information content (AvgIpc) is 3.48. The van der Waals surface area contributed by atoms with Gasteiger partial charge >= 0.3 is 0 Å². The van der Waals surface area contributed by atoms with Gasteiger partial charge in [-0.25, -0.2) is 4.98 Å². The largest absolute Gasteiger partial charge is 0.391 e. The first-order chi connectivity index (χ1) is 14.2. The smallest absolute Gasteiger partial charge is 0.139 e. The van der Waals surface area contributed by atoms with E-state index >= 15 is 0 Å². The molecule has 0 radical (unpaired) electrons. The second-order valence-corrected chi connectivity index (χ2v) is 8.51. The van der Waals surface area contributed by atoms with E-state index < -0.39 is 0 Å². The summed E-state index contributed by atoms with van der Waals surface area (Å²) in [5.74, 6) is 1.44. The average molecular weight is 392 g/mol. The summed E-state index contributed by atoms with van der Waals surface area (Å²) in [7, 11) is 2.04. The van der Waals surface area contributed by atoms with E-state index in [0.717, 1.165) is 50.2 Å². The lowest BCUT2D eigenvalue weighted by Gasteiger charge is -2.17. The highest BCUT2D eigenvalue weighted by Gasteiger charge is 2.33. The quantitative estimate of drug-likeness (QED) is 0.678. The summed E-state index contributed by atoms with van der Waals surface area (Å²) >= 11 is 0. The van der Waals surface area contributed by atoms with Crippen LogP contribution in [0.3, 0.4) is 0 Å². The fraction of sp³-hybridized carbons (Fsp3) is 0.478. The van der Waals surface area contributed by atoms with Crippen molar-refractivity contribution >= 4 is 0 Å². The molecule has 3 atom stereocenters. The molecule has 2 aliphatic carbocycles. The third-order valence-electron chi connectivity index (χ3n) is 6.56. The number of aromatic nitrogens is 4.